The number of halogens is 3. The average Bonchev–Trinajstić information content (AvgIpc) is 3.05. The summed E-state index contributed by atoms with van der Waals surface area (Å²) in [5.41, 5.74) is -0.0378. The SMILES string of the molecule is CCNC(=NCc1c(F)cccc1OC(F)F)NC1C2CCOC2C1(C)C. The summed E-state index contributed by atoms with van der Waals surface area (Å²) in [5, 5.41) is 6.55. The minimum atomic E-state index is -3.02. The molecule has 1 aliphatic heterocycles. The number of benzene rings is 1. The van der Waals surface area contributed by atoms with Gasteiger partial charge in [0.25, 0.3) is 0 Å². The monoisotopic (exact) mass is 385 g/mol. The van der Waals surface area contributed by atoms with E-state index in [1.807, 2.05) is 6.92 Å². The second-order valence-corrected chi connectivity index (χ2v) is 7.48. The highest BCUT2D eigenvalue weighted by Gasteiger charge is 2.59. The Bertz CT molecular complexity index is 697. The predicted octanol–water partition coefficient (Wildman–Crippen LogP) is 3.30. The molecular formula is C19H26F3N3O2. The van der Waals surface area contributed by atoms with Crippen LogP contribution in [0.2, 0.25) is 0 Å². The first-order valence-corrected chi connectivity index (χ1v) is 9.23. The van der Waals surface area contributed by atoms with Crippen molar-refractivity contribution in [2.75, 3.05) is 13.2 Å². The number of guanidine groups is 1. The van der Waals surface area contributed by atoms with Crippen LogP contribution in [0.5, 0.6) is 5.75 Å². The summed E-state index contributed by atoms with van der Waals surface area (Å²) in [6.45, 7) is 4.48. The first-order valence-electron chi connectivity index (χ1n) is 9.23. The quantitative estimate of drug-likeness (QED) is 0.583. The maximum absolute atomic E-state index is 14.1. The molecule has 0 amide bonds. The highest BCUT2D eigenvalue weighted by molar-refractivity contribution is 5.80. The number of aliphatic imine (C=N–C) groups is 1. The van der Waals surface area contributed by atoms with Crippen molar-refractivity contribution in [1.82, 2.24) is 10.6 Å². The van der Waals surface area contributed by atoms with Gasteiger partial charge in [-0.3, -0.25) is 0 Å². The second kappa shape index (κ2) is 7.96. The zero-order valence-corrected chi connectivity index (χ0v) is 15.8. The van der Waals surface area contributed by atoms with Crippen LogP contribution in [0.25, 0.3) is 0 Å². The predicted molar refractivity (Wildman–Crippen MR) is 96.4 cm³/mol. The van der Waals surface area contributed by atoms with E-state index in [1.54, 1.807) is 0 Å². The molecule has 27 heavy (non-hydrogen) atoms. The molecule has 0 radical (unpaired) electrons. The van der Waals surface area contributed by atoms with Crippen LogP contribution < -0.4 is 15.4 Å². The number of hydrogen-bond acceptors (Lipinski definition) is 3. The molecule has 1 heterocycles. The van der Waals surface area contributed by atoms with E-state index < -0.39 is 12.4 Å². The first kappa shape index (κ1) is 19.8. The number of nitrogens with zero attached hydrogens (tertiary/aromatic N) is 1. The van der Waals surface area contributed by atoms with Gasteiger partial charge in [-0.15, -0.1) is 0 Å². The lowest BCUT2D eigenvalue weighted by Gasteiger charge is -2.54. The van der Waals surface area contributed by atoms with Crippen LogP contribution in [0.4, 0.5) is 13.2 Å². The van der Waals surface area contributed by atoms with Gasteiger partial charge in [0.05, 0.1) is 18.2 Å². The molecule has 3 rings (SSSR count). The largest absolute Gasteiger partial charge is 0.434 e. The molecule has 1 aromatic carbocycles. The molecule has 0 spiro atoms. The van der Waals surface area contributed by atoms with Gasteiger partial charge < -0.3 is 20.1 Å². The number of alkyl halides is 2. The average molecular weight is 385 g/mol. The van der Waals surface area contributed by atoms with Gasteiger partial charge in [0, 0.05) is 30.5 Å². The van der Waals surface area contributed by atoms with Crippen LogP contribution in [-0.2, 0) is 11.3 Å². The standard InChI is InChI=1S/C19H26F3N3O2/c1-4-23-18(25-15-11-8-9-26-16(11)19(15,2)3)24-10-12-13(20)6-5-7-14(12)27-17(21)22/h5-7,11,15-17H,4,8-10H2,1-3H3,(H2,23,24,25). The molecule has 2 N–H and O–H groups in total. The highest BCUT2D eigenvalue weighted by Crippen LogP contribution is 2.52. The number of rotatable bonds is 6. The third kappa shape index (κ3) is 4.00. The fourth-order valence-electron chi connectivity index (χ4n) is 4.14. The molecule has 0 aromatic heterocycles. The van der Waals surface area contributed by atoms with Crippen molar-refractivity contribution >= 4 is 5.96 Å². The molecule has 3 atom stereocenters. The molecule has 1 aromatic rings. The third-order valence-corrected chi connectivity index (χ3v) is 5.42. The van der Waals surface area contributed by atoms with Crippen molar-refractivity contribution in [3.8, 4) is 5.75 Å². The normalized spacial score (nSPS) is 26.5. The zero-order valence-electron chi connectivity index (χ0n) is 15.8. The molecule has 2 aliphatic rings. The molecule has 3 unspecified atom stereocenters. The fourth-order valence-corrected chi connectivity index (χ4v) is 4.14. The van der Waals surface area contributed by atoms with Crippen molar-refractivity contribution < 1.29 is 22.6 Å². The number of fused-ring (bicyclic) bond motifs is 1. The molecule has 1 saturated heterocycles. The van der Waals surface area contributed by atoms with Crippen LogP contribution in [0, 0.1) is 17.2 Å². The molecule has 150 valence electrons. The van der Waals surface area contributed by atoms with Crippen LogP contribution in [0.1, 0.15) is 32.8 Å². The minimum Gasteiger partial charge on any atom is -0.434 e. The molecule has 8 heteroatoms. The van der Waals surface area contributed by atoms with Crippen LogP contribution in [-0.4, -0.2) is 37.9 Å². The van der Waals surface area contributed by atoms with Crippen LogP contribution >= 0.6 is 0 Å². The van der Waals surface area contributed by atoms with E-state index in [1.165, 1.54) is 18.2 Å². The molecule has 1 saturated carbocycles. The fraction of sp³-hybridized carbons (Fsp3) is 0.632. The number of hydrogen-bond donors (Lipinski definition) is 2. The Kier molecular flexibility index (Phi) is 5.83. The van der Waals surface area contributed by atoms with Crippen molar-refractivity contribution in [2.45, 2.75) is 52.5 Å². The minimum absolute atomic E-state index is 0.00458. The third-order valence-electron chi connectivity index (χ3n) is 5.42. The molecule has 0 bridgehead atoms. The topological polar surface area (TPSA) is 54.9 Å². The Morgan fingerprint density at radius 3 is 2.89 bits per heavy atom. The summed E-state index contributed by atoms with van der Waals surface area (Å²) in [7, 11) is 0. The number of ether oxygens (including phenoxy) is 2. The van der Waals surface area contributed by atoms with Gasteiger partial charge >= 0.3 is 6.61 Å². The Hall–Kier alpha value is -1.96. The first-order chi connectivity index (χ1) is 12.8. The van der Waals surface area contributed by atoms with E-state index >= 15 is 0 Å². The Morgan fingerprint density at radius 1 is 1.41 bits per heavy atom. The maximum atomic E-state index is 14.1. The van der Waals surface area contributed by atoms with Crippen LogP contribution in [0.15, 0.2) is 23.2 Å². The summed E-state index contributed by atoms with van der Waals surface area (Å²) in [6.07, 6.45) is 1.22. The van der Waals surface area contributed by atoms with E-state index in [2.05, 4.69) is 34.2 Å². The lowest BCUT2D eigenvalue weighted by Crippen LogP contribution is -2.67. The van der Waals surface area contributed by atoms with Crippen molar-refractivity contribution in [3.63, 3.8) is 0 Å². The van der Waals surface area contributed by atoms with Gasteiger partial charge in [0.2, 0.25) is 0 Å². The summed E-state index contributed by atoms with van der Waals surface area (Å²) in [5.74, 6) is 0.112. The van der Waals surface area contributed by atoms with Gasteiger partial charge in [-0.05, 0) is 25.5 Å². The Labute approximate surface area is 157 Å². The summed E-state index contributed by atoms with van der Waals surface area (Å²) in [6, 6.07) is 4.04. The Balaban J connectivity index is 1.75. The second-order valence-electron chi connectivity index (χ2n) is 7.48. The van der Waals surface area contributed by atoms with Gasteiger partial charge in [-0.1, -0.05) is 19.9 Å². The molecule has 2 fully saturated rings. The highest BCUT2D eigenvalue weighted by atomic mass is 19.3. The van der Waals surface area contributed by atoms with Crippen molar-refractivity contribution in [3.05, 3.63) is 29.6 Å². The molecule has 5 nitrogen and oxygen atoms in total. The van der Waals surface area contributed by atoms with Crippen LogP contribution in [0.3, 0.4) is 0 Å². The summed E-state index contributed by atoms with van der Waals surface area (Å²) in [4.78, 5) is 4.40. The van der Waals surface area contributed by atoms with Crippen molar-refractivity contribution in [2.24, 2.45) is 16.3 Å². The molecular weight excluding hydrogens is 359 g/mol. The maximum Gasteiger partial charge on any atom is 0.387 e. The van der Waals surface area contributed by atoms with E-state index in [9.17, 15) is 13.2 Å². The molecule has 1 aliphatic carbocycles. The Morgan fingerprint density at radius 2 is 2.19 bits per heavy atom. The van der Waals surface area contributed by atoms with Gasteiger partial charge in [0.15, 0.2) is 5.96 Å². The smallest absolute Gasteiger partial charge is 0.387 e. The van der Waals surface area contributed by atoms with Gasteiger partial charge in [0.1, 0.15) is 11.6 Å². The van der Waals surface area contributed by atoms with E-state index in [0.29, 0.717) is 18.4 Å². The lowest BCUT2D eigenvalue weighted by atomic mass is 9.57. The summed E-state index contributed by atoms with van der Waals surface area (Å²) < 4.78 is 49.5. The summed E-state index contributed by atoms with van der Waals surface area (Å²) >= 11 is 0. The van der Waals surface area contributed by atoms with Gasteiger partial charge in [-0.2, -0.15) is 8.78 Å². The van der Waals surface area contributed by atoms with Gasteiger partial charge in [-0.25, -0.2) is 9.38 Å². The van der Waals surface area contributed by atoms with Crippen molar-refractivity contribution in [1.29, 1.82) is 0 Å². The van der Waals surface area contributed by atoms with E-state index in [-0.39, 0.29) is 35.4 Å². The van der Waals surface area contributed by atoms with E-state index in [4.69, 9.17) is 4.74 Å². The van der Waals surface area contributed by atoms with E-state index in [0.717, 1.165) is 13.0 Å². The zero-order chi connectivity index (χ0) is 19.6. The lowest BCUT2D eigenvalue weighted by molar-refractivity contribution is -0.106. The number of nitrogens with one attached hydrogen (secondary N) is 2.